The van der Waals surface area contributed by atoms with Gasteiger partial charge in [0, 0.05) is 28.9 Å². The van der Waals surface area contributed by atoms with Gasteiger partial charge in [0.2, 0.25) is 0 Å². The highest BCUT2D eigenvalue weighted by atomic mass is 16.5. The normalized spacial score (nSPS) is 22.9. The quantitative estimate of drug-likeness (QED) is 0.189. The molecule has 1 fully saturated rings. The molecule has 0 N–H and O–H groups in total. The molecule has 6 aliphatic rings. The van der Waals surface area contributed by atoms with E-state index in [1.54, 1.807) is 5.57 Å². The lowest BCUT2D eigenvalue weighted by Crippen LogP contribution is -2.56. The van der Waals surface area contributed by atoms with Crippen LogP contribution in [0, 0.1) is 29.1 Å². The predicted molar refractivity (Wildman–Crippen MR) is 302 cm³/mol. The lowest BCUT2D eigenvalue weighted by atomic mass is 9.33. The van der Waals surface area contributed by atoms with Crippen LogP contribution in [0.4, 0.5) is 17.1 Å². The van der Waals surface area contributed by atoms with Crippen LogP contribution in [-0.2, 0) is 21.0 Å². The van der Waals surface area contributed by atoms with Crippen LogP contribution < -0.4 is 15.8 Å². The Balaban J connectivity index is 1.22. The van der Waals surface area contributed by atoms with Crippen LogP contribution in [0.2, 0.25) is 0 Å². The van der Waals surface area contributed by atoms with Crippen molar-refractivity contribution in [1.82, 2.24) is 0 Å². The van der Waals surface area contributed by atoms with E-state index in [9.17, 15) is 0 Å². The minimum Gasteiger partial charge on any atom is -0.499 e. The molecule has 0 saturated heterocycles. The summed E-state index contributed by atoms with van der Waals surface area (Å²) in [7, 11) is 0. The van der Waals surface area contributed by atoms with Crippen molar-refractivity contribution in [3.63, 3.8) is 0 Å². The van der Waals surface area contributed by atoms with Crippen molar-refractivity contribution in [1.29, 1.82) is 0 Å². The maximum Gasteiger partial charge on any atom is 0.291 e. The van der Waals surface area contributed by atoms with E-state index in [-0.39, 0.29) is 63.1 Å². The molecule has 4 aromatic rings. The zero-order valence-electron chi connectivity index (χ0n) is 46.3. The molecule has 0 aromatic heterocycles. The number of aryl methyl sites for hydroxylation is 1. The molecule has 3 aliphatic carbocycles. The SMILES string of the molecule is Cc1cc2c3c(c1)N(c1cc(C(C)(C)C)cc(C(C)(C)C)c1)c1ccc(C(C)(C)C)cc1B3C1=C(C3C=C4C(=CC3O1)C(C)(C)CCC4(C)C)C2C(C)c1ccc(C2=CC=C(C(C)(C)C)CC=C2)cc1. The first kappa shape index (κ1) is 48.6. The molecule has 0 amide bonds. The van der Waals surface area contributed by atoms with Crippen molar-refractivity contribution in [2.24, 2.45) is 22.2 Å². The number of fused-ring (bicyclic) bond motifs is 6. The molecular formula is C67H82BNO. The summed E-state index contributed by atoms with van der Waals surface area (Å²) in [5.74, 6) is 0.453. The van der Waals surface area contributed by atoms with Gasteiger partial charge in [-0.2, -0.15) is 0 Å². The molecule has 4 atom stereocenters. The highest BCUT2D eigenvalue weighted by molar-refractivity contribution is 6.94. The standard InChI is InChI=1S/C67H82BNO/c1-40-32-51-58(41(2)42-22-24-44(25-23-42)43-20-19-21-45(27-26-43)62(3,4)5)59-50-38-52-53(67(17,18)31-30-66(52,15)16)39-57(50)70-61(59)68-54-37-46(63(6,7)8)28-29-55(54)69(56(33-40)60(51)68)49-35-47(64(9,10)11)34-48(36-49)65(12,13)14/h19-20,22-29,32-39,41,50,57-58H,21,30-31H2,1-18H3. The second-order valence-corrected chi connectivity index (χ2v) is 27.8. The van der Waals surface area contributed by atoms with Crippen LogP contribution in [0.1, 0.15) is 188 Å². The van der Waals surface area contributed by atoms with Gasteiger partial charge in [-0.3, -0.25) is 0 Å². The van der Waals surface area contributed by atoms with Crippen LogP contribution in [0.25, 0.3) is 5.57 Å². The largest absolute Gasteiger partial charge is 0.499 e. The van der Waals surface area contributed by atoms with Crippen molar-refractivity contribution in [2.45, 2.75) is 178 Å². The molecular weight excluding hydrogens is 846 g/mol. The van der Waals surface area contributed by atoms with Crippen molar-refractivity contribution in [3.05, 3.63) is 176 Å². The fourth-order valence-corrected chi connectivity index (χ4v) is 12.9. The van der Waals surface area contributed by atoms with E-state index in [0.29, 0.717) is 0 Å². The number of ether oxygens (including phenoxy) is 1. The Morgan fingerprint density at radius 1 is 0.657 bits per heavy atom. The molecule has 1 saturated carbocycles. The van der Waals surface area contributed by atoms with E-state index in [1.165, 1.54) is 108 Å². The average Bonchev–Trinajstić information content (AvgIpc) is 3.44. The van der Waals surface area contributed by atoms with Gasteiger partial charge in [0.25, 0.3) is 6.71 Å². The summed E-state index contributed by atoms with van der Waals surface area (Å²) in [5.41, 5.74) is 24.8. The first-order chi connectivity index (χ1) is 32.5. The highest BCUT2D eigenvalue weighted by Gasteiger charge is 2.55. The predicted octanol–water partition coefficient (Wildman–Crippen LogP) is 17.0. The molecule has 10 rings (SSSR count). The van der Waals surface area contributed by atoms with Gasteiger partial charge in [-0.25, -0.2) is 0 Å². The summed E-state index contributed by atoms with van der Waals surface area (Å²) in [6.07, 6.45) is 18.0. The lowest BCUT2D eigenvalue weighted by Gasteiger charge is -2.47. The summed E-state index contributed by atoms with van der Waals surface area (Å²) in [6, 6.07) is 29.6. The summed E-state index contributed by atoms with van der Waals surface area (Å²) < 4.78 is 7.79. The third-order valence-corrected chi connectivity index (χ3v) is 17.5. The van der Waals surface area contributed by atoms with Crippen LogP contribution in [0.3, 0.4) is 0 Å². The van der Waals surface area contributed by atoms with Gasteiger partial charge in [0.15, 0.2) is 0 Å². The van der Waals surface area contributed by atoms with Gasteiger partial charge < -0.3 is 9.64 Å². The maximum absolute atomic E-state index is 7.79. The van der Waals surface area contributed by atoms with Crippen LogP contribution in [0.15, 0.2) is 137 Å². The van der Waals surface area contributed by atoms with E-state index in [4.69, 9.17) is 4.74 Å². The summed E-state index contributed by atoms with van der Waals surface area (Å²) in [6.45, 7) is 42.9. The lowest BCUT2D eigenvalue weighted by molar-refractivity contribution is 0.168. The molecule has 3 heterocycles. The van der Waals surface area contributed by atoms with Crippen molar-refractivity contribution >= 4 is 40.3 Å². The van der Waals surface area contributed by atoms with E-state index < -0.39 is 0 Å². The first-order valence-electron chi connectivity index (χ1n) is 26.8. The number of hydrogen-bond donors (Lipinski definition) is 0. The second kappa shape index (κ2) is 16.2. The third-order valence-electron chi connectivity index (χ3n) is 17.5. The topological polar surface area (TPSA) is 12.5 Å². The minimum atomic E-state index is -0.0436. The van der Waals surface area contributed by atoms with Crippen molar-refractivity contribution in [3.8, 4) is 0 Å². The summed E-state index contributed by atoms with van der Waals surface area (Å²) in [5, 5.41) is 0. The Kier molecular flexibility index (Phi) is 11.3. The zero-order chi connectivity index (χ0) is 50.4. The number of nitrogens with zero attached hydrogens (tertiary/aromatic N) is 1. The number of benzene rings is 4. The Morgan fingerprint density at radius 3 is 1.87 bits per heavy atom. The molecule has 4 unspecified atom stereocenters. The fraction of sp³-hybridized carbons (Fsp3) is 0.463. The van der Waals surface area contributed by atoms with E-state index in [2.05, 4.69) is 239 Å². The average molecular weight is 928 g/mol. The van der Waals surface area contributed by atoms with Gasteiger partial charge in [0.05, 0.1) is 5.66 Å². The van der Waals surface area contributed by atoms with Gasteiger partial charge in [-0.1, -0.05) is 202 Å². The zero-order valence-corrected chi connectivity index (χ0v) is 46.3. The Morgan fingerprint density at radius 2 is 1.27 bits per heavy atom. The molecule has 0 bridgehead atoms. The monoisotopic (exact) mass is 928 g/mol. The van der Waals surface area contributed by atoms with Gasteiger partial charge >= 0.3 is 0 Å². The molecule has 3 heteroatoms. The number of rotatable bonds is 4. The molecule has 0 radical (unpaired) electrons. The number of hydrogen-bond acceptors (Lipinski definition) is 2. The van der Waals surface area contributed by atoms with E-state index in [0.717, 1.165) is 6.42 Å². The third kappa shape index (κ3) is 8.18. The molecule has 364 valence electrons. The van der Waals surface area contributed by atoms with Gasteiger partial charge in [-0.05, 0) is 167 Å². The molecule has 4 aromatic carbocycles. The Labute approximate surface area is 424 Å². The van der Waals surface area contributed by atoms with Crippen LogP contribution in [0.5, 0.6) is 0 Å². The minimum absolute atomic E-state index is 0.0263. The second-order valence-electron chi connectivity index (χ2n) is 27.8. The van der Waals surface area contributed by atoms with E-state index >= 15 is 0 Å². The molecule has 3 aliphatic heterocycles. The Hall–Kier alpha value is -5.02. The Bertz CT molecular complexity index is 2970. The van der Waals surface area contributed by atoms with Crippen LogP contribution >= 0.6 is 0 Å². The van der Waals surface area contributed by atoms with Gasteiger partial charge in [-0.15, -0.1) is 0 Å². The molecule has 0 spiro atoms. The number of anilines is 3. The molecule has 2 nitrogen and oxygen atoms in total. The molecule has 70 heavy (non-hydrogen) atoms. The van der Waals surface area contributed by atoms with Crippen LogP contribution in [-0.4, -0.2) is 12.8 Å². The highest BCUT2D eigenvalue weighted by Crippen LogP contribution is 2.60. The smallest absolute Gasteiger partial charge is 0.291 e. The van der Waals surface area contributed by atoms with Crippen molar-refractivity contribution < 1.29 is 4.74 Å². The fourth-order valence-electron chi connectivity index (χ4n) is 12.9. The van der Waals surface area contributed by atoms with Crippen molar-refractivity contribution in [2.75, 3.05) is 4.90 Å². The van der Waals surface area contributed by atoms with E-state index in [1.807, 2.05) is 0 Å². The first-order valence-corrected chi connectivity index (χ1v) is 26.8. The number of allylic oxidation sites excluding steroid dienone is 8. The maximum atomic E-state index is 7.79. The van der Waals surface area contributed by atoms with Gasteiger partial charge in [0.1, 0.15) is 6.10 Å². The summed E-state index contributed by atoms with van der Waals surface area (Å²) >= 11 is 0. The summed E-state index contributed by atoms with van der Waals surface area (Å²) in [4.78, 5) is 2.65.